The lowest BCUT2D eigenvalue weighted by atomic mass is 9.92. The van der Waals surface area contributed by atoms with E-state index in [1.807, 2.05) is 42.6 Å². The number of ketones is 1. The van der Waals surface area contributed by atoms with E-state index in [9.17, 15) is 29.1 Å². The molecule has 1 aromatic heterocycles. The molecule has 3 aliphatic heterocycles. The summed E-state index contributed by atoms with van der Waals surface area (Å²) in [4.78, 5) is 70.0. The Bertz CT molecular complexity index is 1690. The topological polar surface area (TPSA) is 170 Å². The summed E-state index contributed by atoms with van der Waals surface area (Å²) in [5.41, 5.74) is -0.125. The number of amides is 3. The van der Waals surface area contributed by atoms with Gasteiger partial charge in [-0.3, -0.25) is 24.0 Å². The molecule has 1 aliphatic carbocycles. The Labute approximate surface area is 303 Å². The zero-order chi connectivity index (χ0) is 37.0. The summed E-state index contributed by atoms with van der Waals surface area (Å²) in [6.45, 7) is 6.79. The van der Waals surface area contributed by atoms with Crippen LogP contribution in [0.25, 0.3) is 0 Å². The molecule has 0 radical (unpaired) electrons. The lowest BCUT2D eigenvalue weighted by Gasteiger charge is -2.30. The van der Waals surface area contributed by atoms with Crippen molar-refractivity contribution in [2.45, 2.75) is 116 Å². The first-order chi connectivity index (χ1) is 24.8. The average Bonchev–Trinajstić information content (AvgIpc) is 3.50. The third-order valence-electron chi connectivity index (χ3n) is 10.3. The minimum atomic E-state index is -1.23. The van der Waals surface area contributed by atoms with Gasteiger partial charge in [0, 0.05) is 38.3 Å². The second kappa shape index (κ2) is 15.4. The van der Waals surface area contributed by atoms with Gasteiger partial charge in [-0.1, -0.05) is 31.1 Å². The molecule has 14 heteroatoms. The van der Waals surface area contributed by atoms with Gasteiger partial charge in [0.1, 0.15) is 30.1 Å². The molecule has 4 aliphatic rings. The highest BCUT2D eigenvalue weighted by Gasteiger charge is 2.61. The van der Waals surface area contributed by atoms with Crippen LogP contribution >= 0.6 is 0 Å². The van der Waals surface area contributed by atoms with E-state index in [1.165, 1.54) is 4.90 Å². The predicted octanol–water partition coefficient (Wildman–Crippen LogP) is 4.85. The van der Waals surface area contributed by atoms with Crippen molar-refractivity contribution in [2.75, 3.05) is 13.2 Å². The fourth-order valence-corrected chi connectivity index (χ4v) is 7.42. The molecule has 52 heavy (non-hydrogen) atoms. The van der Waals surface area contributed by atoms with Crippen LogP contribution < -0.4 is 10.1 Å². The van der Waals surface area contributed by atoms with Crippen LogP contribution in [0.3, 0.4) is 0 Å². The first kappa shape index (κ1) is 36.9. The van der Waals surface area contributed by atoms with Crippen molar-refractivity contribution < 1.29 is 43.3 Å². The van der Waals surface area contributed by atoms with Gasteiger partial charge in [-0.05, 0) is 81.7 Å². The fraction of sp³-hybridized carbons (Fsp3) is 0.579. The summed E-state index contributed by atoms with van der Waals surface area (Å²) in [5, 5.41) is 17.1. The van der Waals surface area contributed by atoms with Crippen molar-refractivity contribution >= 4 is 29.8 Å². The molecule has 1 saturated carbocycles. The Morgan fingerprint density at radius 1 is 1.10 bits per heavy atom. The molecule has 5 atom stereocenters. The van der Waals surface area contributed by atoms with Crippen LogP contribution in [-0.4, -0.2) is 91.5 Å². The molecular weight excluding hydrogens is 670 g/mol. The SMILES string of the molecule is CC(C)(C)OC(=O)N[C@H]1CCCCC/C=C\[C@@H]2C[C@@]2(C(=O)O)CC(=O)[C@@H]2C[C@@H](OC(=O)N3Cc4ccc(OCCn5cccn5)cc4C3)CN2C1=O. The van der Waals surface area contributed by atoms with E-state index in [0.717, 1.165) is 30.4 Å². The van der Waals surface area contributed by atoms with Crippen molar-refractivity contribution in [3.63, 3.8) is 0 Å². The lowest BCUT2D eigenvalue weighted by Crippen LogP contribution is -2.52. The summed E-state index contributed by atoms with van der Waals surface area (Å²) < 4.78 is 19.1. The van der Waals surface area contributed by atoms with Gasteiger partial charge < -0.3 is 29.5 Å². The third-order valence-corrected chi connectivity index (χ3v) is 10.3. The zero-order valence-corrected chi connectivity index (χ0v) is 30.1. The van der Waals surface area contributed by atoms with Gasteiger partial charge in [-0.2, -0.15) is 5.10 Å². The Morgan fingerprint density at radius 3 is 2.65 bits per heavy atom. The van der Waals surface area contributed by atoms with Crippen LogP contribution in [0.2, 0.25) is 0 Å². The van der Waals surface area contributed by atoms with E-state index < -0.39 is 59.0 Å². The van der Waals surface area contributed by atoms with Crippen LogP contribution in [-0.2, 0) is 43.5 Å². The number of hydrogen-bond acceptors (Lipinski definition) is 9. The van der Waals surface area contributed by atoms with Crippen LogP contribution in [0.15, 0.2) is 48.8 Å². The molecule has 1 aromatic carbocycles. The lowest BCUT2D eigenvalue weighted by molar-refractivity contribution is -0.147. The first-order valence-electron chi connectivity index (χ1n) is 18.2. The van der Waals surface area contributed by atoms with Crippen LogP contribution in [0.5, 0.6) is 5.75 Å². The fourth-order valence-electron chi connectivity index (χ4n) is 7.42. The van der Waals surface area contributed by atoms with Crippen LogP contribution in [0, 0.1) is 11.3 Å². The number of carboxylic acids is 1. The second-order valence-electron chi connectivity index (χ2n) is 15.3. The number of hydrogen-bond donors (Lipinski definition) is 2. The number of aromatic nitrogens is 2. The highest BCUT2D eigenvalue weighted by molar-refractivity contribution is 5.96. The summed E-state index contributed by atoms with van der Waals surface area (Å²) in [6, 6.07) is 5.55. The summed E-state index contributed by atoms with van der Waals surface area (Å²) >= 11 is 0. The molecule has 2 fully saturated rings. The molecule has 2 aromatic rings. The predicted molar refractivity (Wildman–Crippen MR) is 187 cm³/mol. The Kier molecular flexibility index (Phi) is 10.9. The highest BCUT2D eigenvalue weighted by atomic mass is 16.6. The number of alkyl carbamates (subject to hydrolysis) is 1. The van der Waals surface area contributed by atoms with Crippen LogP contribution in [0.4, 0.5) is 9.59 Å². The molecule has 1 saturated heterocycles. The average molecular weight is 720 g/mol. The largest absolute Gasteiger partial charge is 0.492 e. The second-order valence-corrected chi connectivity index (χ2v) is 15.3. The van der Waals surface area contributed by atoms with E-state index in [2.05, 4.69) is 10.4 Å². The van der Waals surface area contributed by atoms with E-state index in [-0.39, 0.29) is 25.3 Å². The van der Waals surface area contributed by atoms with Gasteiger partial charge in [0.2, 0.25) is 5.91 Å². The maximum Gasteiger partial charge on any atom is 0.410 e. The van der Waals surface area contributed by atoms with Gasteiger partial charge >= 0.3 is 18.2 Å². The third kappa shape index (κ3) is 8.76. The molecular formula is C38H49N5O9. The quantitative estimate of drug-likeness (QED) is 0.378. The van der Waals surface area contributed by atoms with Crippen molar-refractivity contribution in [2.24, 2.45) is 11.3 Å². The number of fused-ring (bicyclic) bond motifs is 3. The standard InChI is InChI=1S/C38H49N5O9/c1-37(2,3)52-35(48)40-30-11-8-6-4-5-7-10-27-20-38(27,34(46)47)21-32(44)31-19-29(24-43(31)33(30)45)51-36(49)41-22-25-12-13-28(18-26(25)23-41)50-17-16-42-15-9-14-39-42/h7,9-10,12-15,18,27,29-31H,4-6,8,11,16-17,19-24H2,1-3H3,(H,40,48)(H,46,47)/b10-7-/t27-,29-,30+,31+,38-/m1/s1. The van der Waals surface area contributed by atoms with Gasteiger partial charge in [-0.25, -0.2) is 9.59 Å². The zero-order valence-electron chi connectivity index (χ0n) is 30.1. The van der Waals surface area contributed by atoms with Gasteiger partial charge in [-0.15, -0.1) is 0 Å². The molecule has 0 spiro atoms. The number of Topliss-reactive ketones (excluding diaryl/α,β-unsaturated/α-hetero) is 1. The molecule has 0 bridgehead atoms. The number of aliphatic carboxylic acids is 1. The maximum atomic E-state index is 14.2. The highest BCUT2D eigenvalue weighted by Crippen LogP contribution is 2.57. The molecule has 3 amide bonds. The van der Waals surface area contributed by atoms with Crippen molar-refractivity contribution in [3.05, 3.63) is 59.9 Å². The number of nitrogens with one attached hydrogen (secondary N) is 1. The summed E-state index contributed by atoms with van der Waals surface area (Å²) in [5.74, 6) is -1.51. The number of ether oxygens (including phenoxy) is 3. The minimum absolute atomic E-state index is 0.0285. The molecule has 6 rings (SSSR count). The van der Waals surface area contributed by atoms with E-state index in [1.54, 1.807) is 36.5 Å². The summed E-state index contributed by atoms with van der Waals surface area (Å²) in [7, 11) is 0. The first-order valence-corrected chi connectivity index (χ1v) is 18.2. The van der Waals surface area contributed by atoms with Crippen LogP contribution in [0.1, 0.15) is 83.3 Å². The van der Waals surface area contributed by atoms with E-state index in [0.29, 0.717) is 51.3 Å². The normalized spacial score (nSPS) is 27.0. The Balaban J connectivity index is 1.15. The molecule has 280 valence electrons. The molecule has 4 heterocycles. The molecule has 2 N–H and O–H groups in total. The van der Waals surface area contributed by atoms with Gasteiger partial charge in [0.25, 0.3) is 0 Å². The summed E-state index contributed by atoms with van der Waals surface area (Å²) in [6.07, 6.45) is 8.78. The number of carboxylic acid groups (broad SMARTS) is 1. The Hall–Kier alpha value is -4.88. The number of carbonyl (C=O) groups is 5. The molecule has 0 unspecified atom stereocenters. The number of carbonyl (C=O) groups excluding carboxylic acids is 4. The smallest absolute Gasteiger partial charge is 0.410 e. The number of benzene rings is 1. The van der Waals surface area contributed by atoms with Gasteiger partial charge in [0.05, 0.1) is 24.5 Å². The monoisotopic (exact) mass is 719 g/mol. The Morgan fingerprint density at radius 2 is 1.90 bits per heavy atom. The number of rotatable bonds is 7. The molecule has 14 nitrogen and oxygen atoms in total. The number of nitrogens with zero attached hydrogens (tertiary/aromatic N) is 4. The maximum absolute atomic E-state index is 14.2. The van der Waals surface area contributed by atoms with Crippen molar-refractivity contribution in [3.8, 4) is 5.75 Å². The number of allylic oxidation sites excluding steroid dienone is 2. The van der Waals surface area contributed by atoms with Gasteiger partial charge in [0.15, 0.2) is 5.78 Å². The van der Waals surface area contributed by atoms with E-state index >= 15 is 0 Å². The van der Waals surface area contributed by atoms with E-state index in [4.69, 9.17) is 14.2 Å². The van der Waals surface area contributed by atoms with Crippen molar-refractivity contribution in [1.82, 2.24) is 24.9 Å². The van der Waals surface area contributed by atoms with Crippen molar-refractivity contribution in [1.29, 1.82) is 0 Å². The minimum Gasteiger partial charge on any atom is -0.492 e.